The van der Waals surface area contributed by atoms with E-state index >= 15 is 0 Å². The van der Waals surface area contributed by atoms with Crippen LogP contribution >= 0.6 is 0 Å². The zero-order valence-corrected chi connectivity index (χ0v) is 19.9. The van der Waals surface area contributed by atoms with Gasteiger partial charge in [0, 0.05) is 13.1 Å². The molecule has 1 heterocycles. The third-order valence-electron chi connectivity index (χ3n) is 5.47. The summed E-state index contributed by atoms with van der Waals surface area (Å²) in [4.78, 5) is 38.4. The number of ether oxygens (including phenoxy) is 3. The Balaban J connectivity index is 1.56. The van der Waals surface area contributed by atoms with Crippen LogP contribution in [-0.2, 0) is 9.59 Å². The summed E-state index contributed by atoms with van der Waals surface area (Å²) in [6.45, 7) is 1.36. The van der Waals surface area contributed by atoms with Crippen molar-refractivity contribution in [1.82, 2.24) is 4.90 Å². The molecule has 0 aliphatic carbocycles. The van der Waals surface area contributed by atoms with Gasteiger partial charge in [-0.1, -0.05) is 24.3 Å². The number of allylic oxidation sites excluding steroid dienone is 2. The van der Waals surface area contributed by atoms with E-state index < -0.39 is 6.09 Å². The van der Waals surface area contributed by atoms with Crippen LogP contribution in [0.1, 0.15) is 36.8 Å². The van der Waals surface area contributed by atoms with E-state index in [1.807, 2.05) is 0 Å². The minimum atomic E-state index is -0.404. The molecule has 0 radical (unpaired) electrons. The second-order valence-corrected chi connectivity index (χ2v) is 8.03. The normalized spacial score (nSPS) is 13.7. The highest BCUT2D eigenvalue weighted by molar-refractivity contribution is 6.10. The molecule has 1 aliphatic rings. The molecule has 0 aromatic heterocycles. The van der Waals surface area contributed by atoms with Crippen LogP contribution in [0.2, 0.25) is 0 Å². The fourth-order valence-electron chi connectivity index (χ4n) is 3.57. The van der Waals surface area contributed by atoms with Gasteiger partial charge in [-0.25, -0.2) is 4.79 Å². The van der Waals surface area contributed by atoms with Gasteiger partial charge in [0.1, 0.15) is 0 Å². The van der Waals surface area contributed by atoms with Gasteiger partial charge >= 0.3 is 6.09 Å². The fourth-order valence-corrected chi connectivity index (χ4v) is 3.57. The molecule has 8 heteroatoms. The number of ketones is 2. The molecule has 0 bridgehead atoms. The molecule has 3 rings (SSSR count). The molecule has 0 saturated carbocycles. The molecule has 1 saturated heterocycles. The van der Waals surface area contributed by atoms with Crippen LogP contribution in [0.25, 0.3) is 12.2 Å². The van der Waals surface area contributed by atoms with Gasteiger partial charge in [0.25, 0.3) is 0 Å². The largest absolute Gasteiger partial charge is 0.504 e. The van der Waals surface area contributed by atoms with Crippen molar-refractivity contribution in [2.75, 3.05) is 27.3 Å². The lowest BCUT2D eigenvalue weighted by Crippen LogP contribution is -2.37. The molecule has 2 aromatic rings. The SMILES string of the molecule is COc1cc(C=CC(=O)CC(=O)C=Cc2ccc(OC(=O)N3CCCCC3)c(OC)c2)ccc1O. The number of carbonyl (C=O) groups excluding carboxylic acids is 3. The molecule has 0 atom stereocenters. The maximum absolute atomic E-state index is 12.4. The monoisotopic (exact) mass is 479 g/mol. The molecule has 1 N–H and O–H groups in total. The van der Waals surface area contributed by atoms with Crippen molar-refractivity contribution >= 4 is 29.8 Å². The topological polar surface area (TPSA) is 102 Å². The first-order chi connectivity index (χ1) is 16.9. The third-order valence-corrected chi connectivity index (χ3v) is 5.47. The predicted molar refractivity (Wildman–Crippen MR) is 132 cm³/mol. The molecule has 184 valence electrons. The Morgan fingerprint density at radius 1 is 0.829 bits per heavy atom. The smallest absolute Gasteiger partial charge is 0.415 e. The van der Waals surface area contributed by atoms with Crippen molar-refractivity contribution in [3.63, 3.8) is 0 Å². The summed E-state index contributed by atoms with van der Waals surface area (Å²) >= 11 is 0. The second kappa shape index (κ2) is 12.4. The summed E-state index contributed by atoms with van der Waals surface area (Å²) in [6, 6.07) is 9.65. The highest BCUT2D eigenvalue weighted by Crippen LogP contribution is 2.30. The van der Waals surface area contributed by atoms with Crippen LogP contribution in [-0.4, -0.2) is 55.0 Å². The summed E-state index contributed by atoms with van der Waals surface area (Å²) in [7, 11) is 2.91. The molecule has 8 nitrogen and oxygen atoms in total. The minimum Gasteiger partial charge on any atom is -0.504 e. The number of aromatic hydroxyl groups is 1. The molecule has 1 amide bonds. The third kappa shape index (κ3) is 7.46. The lowest BCUT2D eigenvalue weighted by molar-refractivity contribution is -0.121. The van der Waals surface area contributed by atoms with Gasteiger partial charge in [0.2, 0.25) is 0 Å². The highest BCUT2D eigenvalue weighted by Gasteiger charge is 2.20. The average molecular weight is 480 g/mol. The number of piperidine rings is 1. The quantitative estimate of drug-likeness (QED) is 0.413. The van der Waals surface area contributed by atoms with Gasteiger partial charge in [-0.3, -0.25) is 9.59 Å². The van der Waals surface area contributed by atoms with Gasteiger partial charge in [-0.2, -0.15) is 0 Å². The lowest BCUT2D eigenvalue weighted by Gasteiger charge is -2.25. The number of benzene rings is 2. The first-order valence-electron chi connectivity index (χ1n) is 11.3. The van der Waals surface area contributed by atoms with Crippen molar-refractivity contribution in [3.8, 4) is 23.0 Å². The van der Waals surface area contributed by atoms with E-state index in [-0.39, 0.29) is 23.7 Å². The van der Waals surface area contributed by atoms with Gasteiger partial charge < -0.3 is 24.2 Å². The first kappa shape index (κ1) is 25.6. The van der Waals surface area contributed by atoms with Crippen LogP contribution in [0.5, 0.6) is 23.0 Å². The van der Waals surface area contributed by atoms with Crippen molar-refractivity contribution in [2.24, 2.45) is 0 Å². The number of hydrogen-bond acceptors (Lipinski definition) is 7. The Bertz CT molecular complexity index is 1130. The van der Waals surface area contributed by atoms with Crippen LogP contribution in [0.15, 0.2) is 48.6 Å². The molecular formula is C27H29NO7. The van der Waals surface area contributed by atoms with E-state index in [1.54, 1.807) is 47.4 Å². The van der Waals surface area contributed by atoms with E-state index in [0.717, 1.165) is 19.3 Å². The molecule has 0 spiro atoms. The second-order valence-electron chi connectivity index (χ2n) is 8.03. The van der Waals surface area contributed by atoms with E-state index in [4.69, 9.17) is 14.2 Å². The maximum atomic E-state index is 12.4. The molecule has 1 aliphatic heterocycles. The average Bonchev–Trinajstić information content (AvgIpc) is 2.88. The molecule has 2 aromatic carbocycles. The fraction of sp³-hybridized carbons (Fsp3) is 0.296. The molecule has 1 fully saturated rings. The summed E-state index contributed by atoms with van der Waals surface area (Å²) in [5, 5.41) is 9.62. The number of phenolic OH excluding ortho intramolecular Hbond substituents is 1. The number of hydrogen-bond donors (Lipinski definition) is 1. The number of carbonyl (C=O) groups is 3. The number of methoxy groups -OCH3 is 2. The predicted octanol–water partition coefficient (Wildman–Crippen LogP) is 4.65. The Kier molecular flexibility index (Phi) is 9.06. The van der Waals surface area contributed by atoms with Crippen molar-refractivity contribution in [1.29, 1.82) is 0 Å². The van der Waals surface area contributed by atoms with Crippen molar-refractivity contribution in [3.05, 3.63) is 59.7 Å². The van der Waals surface area contributed by atoms with Gasteiger partial charge in [-0.05, 0) is 66.8 Å². The Morgan fingerprint density at radius 3 is 2.00 bits per heavy atom. The summed E-state index contributed by atoms with van der Waals surface area (Å²) in [5.74, 6) is 0.250. The van der Waals surface area contributed by atoms with Crippen LogP contribution in [0.4, 0.5) is 4.79 Å². The summed E-state index contributed by atoms with van der Waals surface area (Å²) in [5.41, 5.74) is 1.32. The highest BCUT2D eigenvalue weighted by atomic mass is 16.6. The molecule has 0 unspecified atom stereocenters. The van der Waals surface area contributed by atoms with E-state index in [9.17, 15) is 19.5 Å². The van der Waals surface area contributed by atoms with Crippen molar-refractivity contribution in [2.45, 2.75) is 25.7 Å². The van der Waals surface area contributed by atoms with Gasteiger partial charge in [0.15, 0.2) is 34.6 Å². The van der Waals surface area contributed by atoms with E-state index in [2.05, 4.69) is 0 Å². The van der Waals surface area contributed by atoms with E-state index in [0.29, 0.717) is 41.5 Å². The number of rotatable bonds is 9. The zero-order chi connectivity index (χ0) is 25.2. The Labute approximate surface area is 204 Å². The standard InChI is InChI=1S/C27H29NO7/c1-33-25-16-19(8-12-23(25)31)6-10-21(29)18-22(30)11-7-20-9-13-24(26(17-20)34-2)35-27(32)28-14-4-3-5-15-28/h6-13,16-17,31H,3-5,14-15,18H2,1-2H3. The van der Waals surface area contributed by atoms with Crippen LogP contribution < -0.4 is 14.2 Å². The van der Waals surface area contributed by atoms with Crippen molar-refractivity contribution < 1.29 is 33.7 Å². The number of phenols is 1. The maximum Gasteiger partial charge on any atom is 0.415 e. The van der Waals surface area contributed by atoms with E-state index in [1.165, 1.54) is 32.4 Å². The number of likely N-dealkylation sites (tertiary alicyclic amines) is 1. The molecular weight excluding hydrogens is 450 g/mol. The van der Waals surface area contributed by atoms with Crippen LogP contribution in [0, 0.1) is 0 Å². The van der Waals surface area contributed by atoms with Crippen LogP contribution in [0.3, 0.4) is 0 Å². The lowest BCUT2D eigenvalue weighted by atomic mass is 10.1. The van der Waals surface area contributed by atoms with Gasteiger partial charge in [0.05, 0.1) is 20.6 Å². The minimum absolute atomic E-state index is 0.00103. The summed E-state index contributed by atoms with van der Waals surface area (Å²) in [6.07, 6.45) is 8.11. The zero-order valence-electron chi connectivity index (χ0n) is 19.9. The van der Waals surface area contributed by atoms with Gasteiger partial charge in [-0.15, -0.1) is 0 Å². The first-order valence-corrected chi connectivity index (χ1v) is 11.3. The number of nitrogens with zero attached hydrogens (tertiary/aromatic N) is 1. The molecule has 35 heavy (non-hydrogen) atoms. The number of amides is 1. The Morgan fingerprint density at radius 2 is 1.40 bits per heavy atom. The Hall–Kier alpha value is -4.07. The summed E-state index contributed by atoms with van der Waals surface area (Å²) < 4.78 is 15.9.